The fourth-order valence-electron chi connectivity index (χ4n) is 3.47. The number of sulfonamides is 1. The second kappa shape index (κ2) is 9.44. The number of amides is 2. The van der Waals surface area contributed by atoms with Crippen LogP contribution >= 0.6 is 23.2 Å². The third-order valence-corrected chi connectivity index (χ3v) is 6.87. The van der Waals surface area contributed by atoms with E-state index in [2.05, 4.69) is 15.4 Å². The van der Waals surface area contributed by atoms with Crippen LogP contribution in [0, 0.1) is 0 Å². The Hall–Kier alpha value is -2.33. The van der Waals surface area contributed by atoms with Gasteiger partial charge in [-0.3, -0.25) is 9.59 Å². The number of rotatable bonds is 6. The van der Waals surface area contributed by atoms with Crippen molar-refractivity contribution in [1.82, 2.24) is 9.62 Å². The summed E-state index contributed by atoms with van der Waals surface area (Å²) < 4.78 is 26.5. The van der Waals surface area contributed by atoms with Crippen LogP contribution in [0.15, 0.2) is 41.3 Å². The molecule has 1 aliphatic rings. The molecule has 1 fully saturated rings. The normalized spacial score (nSPS) is 16.3. The second-order valence-corrected chi connectivity index (χ2v) is 9.73. The summed E-state index contributed by atoms with van der Waals surface area (Å²) in [6.07, 6.45) is 1.14. The number of halogens is 2. The maximum atomic E-state index is 13.0. The van der Waals surface area contributed by atoms with Crippen molar-refractivity contribution in [2.24, 2.45) is 0 Å². The van der Waals surface area contributed by atoms with E-state index in [4.69, 9.17) is 23.2 Å². The Labute approximate surface area is 191 Å². The Morgan fingerprint density at radius 2 is 1.71 bits per heavy atom. The first-order chi connectivity index (χ1) is 14.7. The van der Waals surface area contributed by atoms with Gasteiger partial charge in [0.1, 0.15) is 6.04 Å². The molecule has 0 aliphatic carbocycles. The summed E-state index contributed by atoms with van der Waals surface area (Å²) in [5, 5.41) is 6.34. The van der Waals surface area contributed by atoms with Crippen molar-refractivity contribution in [2.75, 3.05) is 31.3 Å². The van der Waals surface area contributed by atoms with E-state index in [1.165, 1.54) is 42.3 Å². The number of anilines is 2. The minimum absolute atomic E-state index is 0.0113. The van der Waals surface area contributed by atoms with Crippen LogP contribution < -0.4 is 15.4 Å². The van der Waals surface area contributed by atoms with Crippen molar-refractivity contribution >= 4 is 56.4 Å². The van der Waals surface area contributed by atoms with Crippen molar-refractivity contribution in [3.63, 3.8) is 0 Å². The molecule has 11 heteroatoms. The molecule has 0 unspecified atom stereocenters. The lowest BCUT2D eigenvalue weighted by Crippen LogP contribution is -2.43. The summed E-state index contributed by atoms with van der Waals surface area (Å²) in [6.45, 7) is 0.411. The Bertz CT molecular complexity index is 1100. The van der Waals surface area contributed by atoms with Crippen LogP contribution in [0.4, 0.5) is 11.4 Å². The molecule has 1 aliphatic heterocycles. The molecule has 3 N–H and O–H groups in total. The van der Waals surface area contributed by atoms with Gasteiger partial charge in [-0.05, 0) is 56.3 Å². The van der Waals surface area contributed by atoms with Gasteiger partial charge in [-0.15, -0.1) is 0 Å². The fourth-order valence-corrected chi connectivity index (χ4v) is 4.75. The summed E-state index contributed by atoms with van der Waals surface area (Å²) in [5.74, 6) is -0.753. The van der Waals surface area contributed by atoms with Crippen molar-refractivity contribution in [1.29, 1.82) is 0 Å². The fraction of sp³-hybridized carbons (Fsp3) is 0.300. The van der Waals surface area contributed by atoms with E-state index in [9.17, 15) is 18.0 Å². The van der Waals surface area contributed by atoms with E-state index in [1.807, 2.05) is 0 Å². The highest BCUT2D eigenvalue weighted by molar-refractivity contribution is 7.89. The maximum Gasteiger partial charge on any atom is 0.254 e. The molecule has 0 saturated carbocycles. The Balaban J connectivity index is 1.85. The van der Waals surface area contributed by atoms with Crippen LogP contribution in [0.25, 0.3) is 0 Å². The lowest BCUT2D eigenvalue weighted by atomic mass is 10.1. The Morgan fingerprint density at radius 1 is 1.03 bits per heavy atom. The van der Waals surface area contributed by atoms with Crippen molar-refractivity contribution in [2.45, 2.75) is 23.8 Å². The zero-order valence-corrected chi connectivity index (χ0v) is 19.2. The molecule has 166 valence electrons. The van der Waals surface area contributed by atoms with Gasteiger partial charge in [-0.25, -0.2) is 13.1 Å². The minimum atomic E-state index is -3.69. The summed E-state index contributed by atoms with van der Waals surface area (Å²) in [4.78, 5) is 27.5. The van der Waals surface area contributed by atoms with Crippen LogP contribution in [-0.2, 0) is 14.8 Å². The zero-order valence-electron chi connectivity index (χ0n) is 16.9. The topological polar surface area (TPSA) is 108 Å². The Morgan fingerprint density at radius 3 is 2.32 bits per heavy atom. The van der Waals surface area contributed by atoms with E-state index >= 15 is 0 Å². The average molecular weight is 485 g/mol. The number of carbonyl (C=O) groups excluding carboxylic acids is 2. The lowest BCUT2D eigenvalue weighted by Gasteiger charge is -2.25. The van der Waals surface area contributed by atoms with Crippen LogP contribution in [-0.4, -0.2) is 51.8 Å². The van der Waals surface area contributed by atoms with Gasteiger partial charge in [0.2, 0.25) is 15.9 Å². The average Bonchev–Trinajstić information content (AvgIpc) is 3.22. The summed E-state index contributed by atoms with van der Waals surface area (Å²) >= 11 is 12.0. The first kappa shape index (κ1) is 23.3. The molecule has 31 heavy (non-hydrogen) atoms. The number of likely N-dealkylation sites (tertiary alicyclic amines) is 1. The van der Waals surface area contributed by atoms with E-state index in [-0.39, 0.29) is 10.8 Å². The van der Waals surface area contributed by atoms with Gasteiger partial charge in [0.05, 0.1) is 16.3 Å². The monoisotopic (exact) mass is 484 g/mol. The van der Waals surface area contributed by atoms with Gasteiger partial charge in [0, 0.05) is 29.2 Å². The molecule has 2 aromatic rings. The summed E-state index contributed by atoms with van der Waals surface area (Å²) in [7, 11) is -0.720. The van der Waals surface area contributed by atoms with Crippen LogP contribution in [0.3, 0.4) is 0 Å². The van der Waals surface area contributed by atoms with Gasteiger partial charge >= 0.3 is 0 Å². The van der Waals surface area contributed by atoms with Gasteiger partial charge in [-0.1, -0.05) is 23.2 Å². The number of benzene rings is 2. The van der Waals surface area contributed by atoms with E-state index in [0.717, 1.165) is 0 Å². The molecular weight excluding hydrogens is 463 g/mol. The van der Waals surface area contributed by atoms with Gasteiger partial charge in [0.25, 0.3) is 5.91 Å². The van der Waals surface area contributed by atoms with Crippen molar-refractivity contribution in [3.8, 4) is 0 Å². The Kier molecular flexibility index (Phi) is 7.10. The molecule has 0 bridgehead atoms. The minimum Gasteiger partial charge on any atom is -0.386 e. The molecule has 0 spiro atoms. The highest BCUT2D eigenvalue weighted by atomic mass is 35.5. The first-order valence-electron chi connectivity index (χ1n) is 9.49. The standard InChI is InChI=1S/C20H22Cl2N4O4S/c1-23-16-6-5-15(31(29,30)24-2)11-17(16)25-19(27)18-4-3-7-26(18)20(28)12-8-13(21)10-14(22)9-12/h5-6,8-11,18,23-24H,3-4,7H2,1-2H3,(H,25,27)/t18-/m0/s1. The molecule has 3 rings (SSSR count). The van der Waals surface area contributed by atoms with E-state index in [0.29, 0.717) is 46.4 Å². The third kappa shape index (κ3) is 5.12. The molecular formula is C20H22Cl2N4O4S. The summed E-state index contributed by atoms with van der Waals surface area (Å²) in [6, 6.07) is 8.20. The number of carbonyl (C=O) groups is 2. The number of nitrogens with zero attached hydrogens (tertiary/aromatic N) is 1. The molecule has 1 atom stereocenters. The SMILES string of the molecule is CNc1ccc(S(=O)(=O)NC)cc1NC(=O)[C@@H]1CCCN1C(=O)c1cc(Cl)cc(Cl)c1. The molecule has 1 saturated heterocycles. The molecule has 0 radical (unpaired) electrons. The van der Waals surface area contributed by atoms with Crippen molar-refractivity contribution in [3.05, 3.63) is 52.0 Å². The van der Waals surface area contributed by atoms with Gasteiger partial charge < -0.3 is 15.5 Å². The molecule has 2 amide bonds. The van der Waals surface area contributed by atoms with Gasteiger partial charge in [0.15, 0.2) is 0 Å². The van der Waals surface area contributed by atoms with E-state index in [1.54, 1.807) is 13.1 Å². The van der Waals surface area contributed by atoms with E-state index < -0.39 is 22.0 Å². The molecule has 0 aromatic heterocycles. The smallest absolute Gasteiger partial charge is 0.254 e. The van der Waals surface area contributed by atoms with Crippen molar-refractivity contribution < 1.29 is 18.0 Å². The van der Waals surface area contributed by atoms with Gasteiger partial charge in [-0.2, -0.15) is 0 Å². The van der Waals surface area contributed by atoms with Crippen LogP contribution in [0.2, 0.25) is 10.0 Å². The first-order valence-corrected chi connectivity index (χ1v) is 11.7. The maximum absolute atomic E-state index is 13.0. The highest BCUT2D eigenvalue weighted by Crippen LogP contribution is 2.28. The predicted molar refractivity (Wildman–Crippen MR) is 121 cm³/mol. The second-order valence-electron chi connectivity index (χ2n) is 6.97. The van der Waals surface area contributed by atoms with Crippen LogP contribution in [0.5, 0.6) is 0 Å². The molecule has 8 nitrogen and oxygen atoms in total. The highest BCUT2D eigenvalue weighted by Gasteiger charge is 2.35. The molecule has 1 heterocycles. The predicted octanol–water partition coefficient (Wildman–Crippen LogP) is 3.19. The number of hydrogen-bond donors (Lipinski definition) is 3. The number of hydrogen-bond acceptors (Lipinski definition) is 5. The zero-order chi connectivity index (χ0) is 22.8. The third-order valence-electron chi connectivity index (χ3n) is 5.02. The summed E-state index contributed by atoms with van der Waals surface area (Å²) in [5.41, 5.74) is 1.14. The number of nitrogens with one attached hydrogen (secondary N) is 3. The molecule has 2 aromatic carbocycles. The lowest BCUT2D eigenvalue weighted by molar-refractivity contribution is -0.119. The quantitative estimate of drug-likeness (QED) is 0.583. The largest absolute Gasteiger partial charge is 0.386 e. The van der Waals surface area contributed by atoms with Crippen LogP contribution in [0.1, 0.15) is 23.2 Å².